The molecule has 2 heteroatoms. The van der Waals surface area contributed by atoms with Crippen LogP contribution in [0.25, 0.3) is 0 Å². The van der Waals surface area contributed by atoms with Crippen molar-refractivity contribution >= 4 is 5.97 Å². The molecule has 1 unspecified atom stereocenters. The monoisotopic (exact) mass is 380 g/mol. The number of hydrogen-bond acceptors (Lipinski definition) is 2. The topological polar surface area (TPSA) is 26.3 Å². The molecule has 0 saturated heterocycles. The van der Waals surface area contributed by atoms with E-state index in [4.69, 9.17) is 4.74 Å². The number of hydrogen-bond donors (Lipinski definition) is 0. The Bertz CT molecular complexity index is 324. The highest BCUT2D eigenvalue weighted by atomic mass is 16.5. The van der Waals surface area contributed by atoms with Crippen LogP contribution < -0.4 is 0 Å². The summed E-state index contributed by atoms with van der Waals surface area (Å²) in [6.45, 7) is 7.68. The summed E-state index contributed by atoms with van der Waals surface area (Å²) in [5.74, 6) is -0.301. The molecule has 0 rings (SSSR count). The van der Waals surface area contributed by atoms with Crippen LogP contribution in [0.1, 0.15) is 136 Å². The molecule has 0 aromatic carbocycles. The van der Waals surface area contributed by atoms with E-state index >= 15 is 0 Å². The minimum Gasteiger partial charge on any atom is -0.460 e. The molecule has 27 heavy (non-hydrogen) atoms. The summed E-state index contributed by atoms with van der Waals surface area (Å²) in [4.78, 5) is 11.1. The molecule has 0 spiro atoms. The zero-order valence-corrected chi connectivity index (χ0v) is 18.6. The first-order valence-corrected chi connectivity index (χ1v) is 12.0. The first-order valence-electron chi connectivity index (χ1n) is 12.0. The molecule has 0 fully saturated rings. The van der Waals surface area contributed by atoms with Gasteiger partial charge in [-0.3, -0.25) is 0 Å². The van der Waals surface area contributed by atoms with E-state index in [1.54, 1.807) is 0 Å². The van der Waals surface area contributed by atoms with Crippen molar-refractivity contribution in [2.24, 2.45) is 0 Å². The van der Waals surface area contributed by atoms with Gasteiger partial charge in [-0.05, 0) is 19.8 Å². The Kier molecular flexibility index (Phi) is 20.9. The molecule has 0 aliphatic carbocycles. The second kappa shape index (κ2) is 21.5. The van der Waals surface area contributed by atoms with E-state index in [0.717, 1.165) is 12.8 Å². The molecule has 0 heterocycles. The van der Waals surface area contributed by atoms with Gasteiger partial charge in [-0.15, -0.1) is 0 Å². The fraction of sp³-hybridized carbons (Fsp3) is 0.880. The fourth-order valence-corrected chi connectivity index (χ4v) is 3.64. The SMILES string of the molecule is C=CC(=O)OC(C)CCCCCCCCCCCCCCCCCCCC. The van der Waals surface area contributed by atoms with Crippen molar-refractivity contribution in [3.05, 3.63) is 12.7 Å². The van der Waals surface area contributed by atoms with Crippen molar-refractivity contribution in [3.63, 3.8) is 0 Å². The van der Waals surface area contributed by atoms with Gasteiger partial charge in [0.05, 0.1) is 6.10 Å². The van der Waals surface area contributed by atoms with Crippen LogP contribution in [0.2, 0.25) is 0 Å². The quantitative estimate of drug-likeness (QED) is 0.113. The Labute approximate surface area is 170 Å². The van der Waals surface area contributed by atoms with Gasteiger partial charge < -0.3 is 4.74 Å². The number of carbonyl (C=O) groups excluding carboxylic acids is 1. The first-order chi connectivity index (χ1) is 13.2. The zero-order chi connectivity index (χ0) is 20.0. The van der Waals surface area contributed by atoms with Gasteiger partial charge in [0.2, 0.25) is 0 Å². The van der Waals surface area contributed by atoms with E-state index in [1.807, 2.05) is 6.92 Å². The van der Waals surface area contributed by atoms with E-state index in [0.29, 0.717) is 0 Å². The minimum absolute atomic E-state index is 0.0246. The standard InChI is InChI=1S/C25H48O2/c1-4-6-7-8-9-10-11-12-13-14-15-16-17-18-19-20-21-22-23-24(3)27-25(26)5-2/h5,24H,2,4,6-23H2,1,3H3. The van der Waals surface area contributed by atoms with Crippen LogP contribution in [0.3, 0.4) is 0 Å². The molecule has 0 aliphatic rings. The lowest BCUT2D eigenvalue weighted by molar-refractivity contribution is -0.142. The lowest BCUT2D eigenvalue weighted by atomic mass is 10.0. The Morgan fingerprint density at radius 1 is 0.704 bits per heavy atom. The van der Waals surface area contributed by atoms with Gasteiger partial charge in [-0.2, -0.15) is 0 Å². The molecule has 0 amide bonds. The maximum absolute atomic E-state index is 11.1. The van der Waals surface area contributed by atoms with Gasteiger partial charge in [-0.1, -0.05) is 123 Å². The molecule has 160 valence electrons. The average molecular weight is 381 g/mol. The minimum atomic E-state index is -0.301. The van der Waals surface area contributed by atoms with E-state index in [-0.39, 0.29) is 12.1 Å². The average Bonchev–Trinajstić information content (AvgIpc) is 2.66. The summed E-state index contributed by atoms with van der Waals surface area (Å²) < 4.78 is 5.18. The third kappa shape index (κ3) is 21.4. The fourth-order valence-electron chi connectivity index (χ4n) is 3.64. The molecule has 0 saturated carbocycles. The molecule has 0 N–H and O–H groups in total. The Balaban J connectivity index is 3.11. The molecule has 0 aliphatic heterocycles. The third-order valence-corrected chi connectivity index (χ3v) is 5.45. The van der Waals surface area contributed by atoms with Crippen molar-refractivity contribution < 1.29 is 9.53 Å². The molecule has 1 atom stereocenters. The maximum Gasteiger partial charge on any atom is 0.330 e. The Morgan fingerprint density at radius 3 is 1.37 bits per heavy atom. The van der Waals surface area contributed by atoms with E-state index < -0.39 is 0 Å². The second-order valence-electron chi connectivity index (χ2n) is 8.25. The van der Waals surface area contributed by atoms with Gasteiger partial charge >= 0.3 is 5.97 Å². The zero-order valence-electron chi connectivity index (χ0n) is 18.6. The summed E-state index contributed by atoms with van der Waals surface area (Å²) >= 11 is 0. The number of carbonyl (C=O) groups is 1. The van der Waals surface area contributed by atoms with Crippen LogP contribution >= 0.6 is 0 Å². The van der Waals surface area contributed by atoms with Crippen LogP contribution in [0.5, 0.6) is 0 Å². The lowest BCUT2D eigenvalue weighted by Crippen LogP contribution is -2.12. The number of ether oxygens (including phenoxy) is 1. The molecule has 0 aromatic heterocycles. The van der Waals surface area contributed by atoms with Gasteiger partial charge in [0, 0.05) is 6.08 Å². The lowest BCUT2D eigenvalue weighted by Gasteiger charge is -2.11. The van der Waals surface area contributed by atoms with Gasteiger partial charge in [0.1, 0.15) is 0 Å². The van der Waals surface area contributed by atoms with E-state index in [9.17, 15) is 4.79 Å². The smallest absolute Gasteiger partial charge is 0.330 e. The Morgan fingerprint density at radius 2 is 1.04 bits per heavy atom. The normalized spacial score (nSPS) is 12.1. The third-order valence-electron chi connectivity index (χ3n) is 5.45. The molecule has 2 nitrogen and oxygen atoms in total. The highest BCUT2D eigenvalue weighted by molar-refractivity contribution is 5.81. The largest absolute Gasteiger partial charge is 0.460 e. The van der Waals surface area contributed by atoms with E-state index in [1.165, 1.54) is 115 Å². The number of esters is 1. The number of rotatable bonds is 21. The molecule has 0 bridgehead atoms. The van der Waals surface area contributed by atoms with Crippen molar-refractivity contribution in [1.29, 1.82) is 0 Å². The predicted molar refractivity (Wildman–Crippen MR) is 119 cm³/mol. The summed E-state index contributed by atoms with van der Waals surface area (Å²) in [6, 6.07) is 0. The van der Waals surface area contributed by atoms with Crippen LogP contribution in [-0.4, -0.2) is 12.1 Å². The van der Waals surface area contributed by atoms with Crippen molar-refractivity contribution in [1.82, 2.24) is 0 Å². The van der Waals surface area contributed by atoms with Crippen LogP contribution in [0.4, 0.5) is 0 Å². The van der Waals surface area contributed by atoms with Crippen LogP contribution in [0.15, 0.2) is 12.7 Å². The summed E-state index contributed by atoms with van der Waals surface area (Å²) in [6.07, 6.45) is 27.4. The number of unbranched alkanes of at least 4 members (excludes halogenated alkanes) is 17. The predicted octanol–water partition coefficient (Wildman–Crippen LogP) is 8.54. The molecular weight excluding hydrogens is 332 g/mol. The first kappa shape index (κ1) is 26.2. The van der Waals surface area contributed by atoms with Crippen LogP contribution in [-0.2, 0) is 9.53 Å². The maximum atomic E-state index is 11.1. The summed E-state index contributed by atoms with van der Waals surface area (Å²) in [5, 5.41) is 0. The van der Waals surface area contributed by atoms with Crippen molar-refractivity contribution in [2.45, 2.75) is 142 Å². The summed E-state index contributed by atoms with van der Waals surface area (Å²) in [5.41, 5.74) is 0. The molecule has 0 radical (unpaired) electrons. The van der Waals surface area contributed by atoms with Crippen LogP contribution in [0, 0.1) is 0 Å². The van der Waals surface area contributed by atoms with Crippen molar-refractivity contribution in [3.8, 4) is 0 Å². The van der Waals surface area contributed by atoms with Crippen molar-refractivity contribution in [2.75, 3.05) is 0 Å². The van der Waals surface area contributed by atoms with Gasteiger partial charge in [0.15, 0.2) is 0 Å². The summed E-state index contributed by atoms with van der Waals surface area (Å²) in [7, 11) is 0. The van der Waals surface area contributed by atoms with Gasteiger partial charge in [-0.25, -0.2) is 4.79 Å². The van der Waals surface area contributed by atoms with Gasteiger partial charge in [0.25, 0.3) is 0 Å². The molecule has 0 aromatic rings. The molecular formula is C25H48O2. The Hall–Kier alpha value is -0.790. The second-order valence-corrected chi connectivity index (χ2v) is 8.25. The van der Waals surface area contributed by atoms with E-state index in [2.05, 4.69) is 13.5 Å². The highest BCUT2D eigenvalue weighted by Crippen LogP contribution is 2.15. The highest BCUT2D eigenvalue weighted by Gasteiger charge is 2.05.